The molecule has 0 atom stereocenters. The van der Waals surface area contributed by atoms with Crippen LogP contribution in [0.3, 0.4) is 0 Å². The van der Waals surface area contributed by atoms with Crippen LogP contribution in [0, 0.1) is 0 Å². The van der Waals surface area contributed by atoms with E-state index in [2.05, 4.69) is 4.98 Å². The van der Waals surface area contributed by atoms with Gasteiger partial charge >= 0.3 is 0 Å². The molecule has 0 amide bonds. The summed E-state index contributed by atoms with van der Waals surface area (Å²) in [6.07, 6.45) is 1.39. The summed E-state index contributed by atoms with van der Waals surface area (Å²) < 4.78 is 24.3. The topological polar surface area (TPSA) is 47.0 Å². The van der Waals surface area contributed by atoms with E-state index in [-0.39, 0.29) is 20.8 Å². The Bertz CT molecular complexity index is 699. The van der Waals surface area contributed by atoms with Crippen molar-refractivity contribution in [1.29, 1.82) is 0 Å². The van der Waals surface area contributed by atoms with Gasteiger partial charge in [-0.3, -0.25) is 0 Å². The molecule has 100 valence electrons. The highest BCUT2D eigenvalue weighted by Crippen LogP contribution is 2.23. The highest BCUT2D eigenvalue weighted by Gasteiger charge is 2.16. The minimum atomic E-state index is -3.46. The molecule has 1 aromatic heterocycles. The third kappa shape index (κ3) is 3.60. The molecule has 0 saturated carbocycles. The zero-order valence-electron chi connectivity index (χ0n) is 9.48. The van der Waals surface area contributed by atoms with Gasteiger partial charge in [-0.1, -0.05) is 34.8 Å². The van der Waals surface area contributed by atoms with Crippen molar-refractivity contribution in [1.82, 2.24) is 4.98 Å². The van der Waals surface area contributed by atoms with Gasteiger partial charge in [0.1, 0.15) is 5.15 Å². The zero-order chi connectivity index (χ0) is 14.0. The van der Waals surface area contributed by atoms with Gasteiger partial charge < -0.3 is 0 Å². The minimum Gasteiger partial charge on any atom is -0.243 e. The molecular formula is C12H8Cl3NO2S. The van der Waals surface area contributed by atoms with E-state index in [1.54, 1.807) is 0 Å². The van der Waals surface area contributed by atoms with Crippen LogP contribution in [0.2, 0.25) is 15.2 Å². The Morgan fingerprint density at radius 1 is 1.05 bits per heavy atom. The number of pyridine rings is 1. The largest absolute Gasteiger partial charge is 0.243 e. The smallest absolute Gasteiger partial charge is 0.182 e. The van der Waals surface area contributed by atoms with Crippen LogP contribution in [-0.4, -0.2) is 13.4 Å². The summed E-state index contributed by atoms with van der Waals surface area (Å²) in [4.78, 5) is 4.02. The molecule has 0 radical (unpaired) electrons. The Morgan fingerprint density at radius 2 is 1.68 bits per heavy atom. The summed E-state index contributed by atoms with van der Waals surface area (Å²) in [7, 11) is -3.46. The molecule has 0 fully saturated rings. The maximum atomic E-state index is 12.2. The molecule has 3 nitrogen and oxygen atoms in total. The predicted octanol–water partition coefficient (Wildman–Crippen LogP) is 4.02. The second-order valence-electron chi connectivity index (χ2n) is 3.83. The van der Waals surface area contributed by atoms with Gasteiger partial charge in [0.25, 0.3) is 0 Å². The first-order valence-electron chi connectivity index (χ1n) is 5.17. The van der Waals surface area contributed by atoms with Crippen LogP contribution < -0.4 is 0 Å². The minimum absolute atomic E-state index is 0.148. The summed E-state index contributed by atoms with van der Waals surface area (Å²) in [5.74, 6) is -0.196. The fourth-order valence-electron chi connectivity index (χ4n) is 1.48. The van der Waals surface area contributed by atoms with Crippen molar-refractivity contribution in [2.24, 2.45) is 0 Å². The van der Waals surface area contributed by atoms with Crippen LogP contribution in [0.4, 0.5) is 0 Å². The van der Waals surface area contributed by atoms with Gasteiger partial charge in [0.05, 0.1) is 15.7 Å². The van der Waals surface area contributed by atoms with Crippen molar-refractivity contribution < 1.29 is 8.42 Å². The van der Waals surface area contributed by atoms with Crippen molar-refractivity contribution in [3.05, 3.63) is 57.3 Å². The molecule has 1 heterocycles. The lowest BCUT2D eigenvalue weighted by molar-refractivity contribution is 0.595. The molecule has 0 aliphatic carbocycles. The van der Waals surface area contributed by atoms with Crippen molar-refractivity contribution in [2.75, 3.05) is 0 Å². The molecule has 0 N–H and O–H groups in total. The molecule has 0 bridgehead atoms. The highest BCUT2D eigenvalue weighted by atomic mass is 35.5. The summed E-state index contributed by atoms with van der Waals surface area (Å²) in [5.41, 5.74) is 0.476. The average Bonchev–Trinajstić information content (AvgIpc) is 2.34. The van der Waals surface area contributed by atoms with Gasteiger partial charge in [-0.05, 0) is 35.9 Å². The first kappa shape index (κ1) is 14.6. The molecule has 0 aliphatic rings. The summed E-state index contributed by atoms with van der Waals surface area (Å²) in [6, 6.07) is 7.47. The number of hydrogen-bond donors (Lipinski definition) is 0. The van der Waals surface area contributed by atoms with Gasteiger partial charge in [-0.2, -0.15) is 0 Å². The number of hydrogen-bond acceptors (Lipinski definition) is 3. The molecule has 0 saturated heterocycles. The molecule has 1 aromatic carbocycles. The SMILES string of the molecule is O=S(=O)(Cc1cnc(Cl)c(Cl)c1)c1ccc(Cl)cc1. The Balaban J connectivity index is 2.30. The second-order valence-corrected chi connectivity index (χ2v) is 7.02. The molecule has 2 rings (SSSR count). The van der Waals surface area contributed by atoms with Crippen LogP contribution in [0.15, 0.2) is 41.4 Å². The maximum absolute atomic E-state index is 12.2. The van der Waals surface area contributed by atoms with E-state index in [1.165, 1.54) is 36.5 Å². The maximum Gasteiger partial charge on any atom is 0.182 e. The summed E-state index contributed by atoms with van der Waals surface area (Å²) in [5, 5.41) is 0.856. The summed E-state index contributed by atoms with van der Waals surface area (Å²) >= 11 is 17.2. The molecule has 0 unspecified atom stereocenters. The Hall–Kier alpha value is -0.810. The monoisotopic (exact) mass is 335 g/mol. The number of rotatable bonds is 3. The Morgan fingerprint density at radius 3 is 2.26 bits per heavy atom. The lowest BCUT2D eigenvalue weighted by Crippen LogP contribution is -2.05. The van der Waals surface area contributed by atoms with Gasteiger partial charge in [-0.15, -0.1) is 0 Å². The molecule has 2 aromatic rings. The number of nitrogens with zero attached hydrogens (tertiary/aromatic N) is 1. The van der Waals surface area contributed by atoms with Crippen molar-refractivity contribution >= 4 is 44.6 Å². The van der Waals surface area contributed by atoms with Crippen LogP contribution in [0.25, 0.3) is 0 Å². The van der Waals surface area contributed by atoms with Crippen molar-refractivity contribution in [3.63, 3.8) is 0 Å². The van der Waals surface area contributed by atoms with Crippen molar-refractivity contribution in [2.45, 2.75) is 10.6 Å². The third-order valence-electron chi connectivity index (χ3n) is 2.38. The predicted molar refractivity (Wildman–Crippen MR) is 76.6 cm³/mol. The lowest BCUT2D eigenvalue weighted by atomic mass is 10.3. The average molecular weight is 337 g/mol. The quantitative estimate of drug-likeness (QED) is 0.795. The van der Waals surface area contributed by atoms with Crippen LogP contribution in [0.1, 0.15) is 5.56 Å². The van der Waals surface area contributed by atoms with Crippen molar-refractivity contribution in [3.8, 4) is 0 Å². The van der Waals surface area contributed by atoms with E-state index >= 15 is 0 Å². The van der Waals surface area contributed by atoms with Gasteiger partial charge in [0.2, 0.25) is 0 Å². The molecule has 0 spiro atoms. The van der Waals surface area contributed by atoms with Crippen LogP contribution in [-0.2, 0) is 15.6 Å². The fraction of sp³-hybridized carbons (Fsp3) is 0.0833. The van der Waals surface area contributed by atoms with Crippen LogP contribution >= 0.6 is 34.8 Å². The van der Waals surface area contributed by atoms with E-state index in [9.17, 15) is 8.42 Å². The first-order valence-corrected chi connectivity index (χ1v) is 7.95. The first-order chi connectivity index (χ1) is 8.88. The Kier molecular flexibility index (Phi) is 4.36. The van der Waals surface area contributed by atoms with E-state index in [1.807, 2.05) is 0 Å². The molecule has 0 aliphatic heterocycles. The standard InChI is InChI=1S/C12H8Cl3NO2S/c13-9-1-3-10(4-2-9)19(17,18)7-8-5-11(14)12(15)16-6-8/h1-6H,7H2. The van der Waals surface area contributed by atoms with E-state index in [0.717, 1.165) is 0 Å². The third-order valence-corrected chi connectivity index (χ3v) is 5.02. The fourth-order valence-corrected chi connectivity index (χ4v) is 3.22. The second kappa shape index (κ2) is 5.67. The number of benzene rings is 1. The molecular weight excluding hydrogens is 329 g/mol. The normalized spacial score (nSPS) is 11.5. The van der Waals surface area contributed by atoms with Crippen LogP contribution in [0.5, 0.6) is 0 Å². The van der Waals surface area contributed by atoms with E-state index < -0.39 is 9.84 Å². The van der Waals surface area contributed by atoms with Gasteiger partial charge in [0, 0.05) is 11.2 Å². The lowest BCUT2D eigenvalue weighted by Gasteiger charge is -2.05. The molecule has 19 heavy (non-hydrogen) atoms. The van der Waals surface area contributed by atoms with Gasteiger partial charge in [0.15, 0.2) is 9.84 Å². The summed E-state index contributed by atoms with van der Waals surface area (Å²) in [6.45, 7) is 0. The highest BCUT2D eigenvalue weighted by molar-refractivity contribution is 7.90. The van der Waals surface area contributed by atoms with E-state index in [4.69, 9.17) is 34.8 Å². The zero-order valence-corrected chi connectivity index (χ0v) is 12.6. The van der Waals surface area contributed by atoms with Gasteiger partial charge in [-0.25, -0.2) is 13.4 Å². The van der Waals surface area contributed by atoms with E-state index in [0.29, 0.717) is 10.6 Å². The number of halogens is 3. The Labute approximate surface area is 126 Å². The number of sulfone groups is 1. The number of aromatic nitrogens is 1. The molecule has 7 heteroatoms.